The zero-order valence-electron chi connectivity index (χ0n) is 7.37. The lowest BCUT2D eigenvalue weighted by atomic mass is 9.78. The van der Waals surface area contributed by atoms with Crippen molar-refractivity contribution in [2.75, 3.05) is 0 Å². The minimum absolute atomic E-state index is 0.119. The van der Waals surface area contributed by atoms with E-state index in [2.05, 4.69) is 0 Å². The first-order valence-electron chi connectivity index (χ1n) is 4.45. The van der Waals surface area contributed by atoms with E-state index in [0.717, 1.165) is 18.9 Å². The highest BCUT2D eigenvalue weighted by molar-refractivity contribution is 6.58. The van der Waals surface area contributed by atoms with Crippen LogP contribution in [0.25, 0.3) is 0 Å². The third-order valence-electron chi connectivity index (χ3n) is 2.43. The summed E-state index contributed by atoms with van der Waals surface area (Å²) in [5.74, 6) is -1.61. The van der Waals surface area contributed by atoms with Crippen molar-refractivity contribution in [2.45, 2.75) is 18.8 Å². The molecule has 0 aromatic heterocycles. The van der Waals surface area contributed by atoms with E-state index in [1.54, 1.807) is 0 Å². The molecular formula is C9H9BF2O2. The summed E-state index contributed by atoms with van der Waals surface area (Å²) >= 11 is 0. The summed E-state index contributed by atoms with van der Waals surface area (Å²) in [5.41, 5.74) is -0.260. The van der Waals surface area contributed by atoms with Crippen LogP contribution in [-0.4, -0.2) is 17.2 Å². The second kappa shape index (κ2) is 3.33. The summed E-state index contributed by atoms with van der Waals surface area (Å²) < 4.78 is 26.5. The molecule has 5 heteroatoms. The third kappa shape index (κ3) is 1.53. The Balaban J connectivity index is 2.50. The van der Waals surface area contributed by atoms with E-state index in [9.17, 15) is 8.78 Å². The van der Waals surface area contributed by atoms with Crippen molar-refractivity contribution >= 4 is 12.6 Å². The second-order valence-corrected chi connectivity index (χ2v) is 3.51. The Kier molecular flexibility index (Phi) is 2.29. The molecule has 0 saturated heterocycles. The summed E-state index contributed by atoms with van der Waals surface area (Å²) in [7, 11) is -2.09. The summed E-state index contributed by atoms with van der Waals surface area (Å²) in [6, 6.07) is 2.44. The van der Waals surface area contributed by atoms with E-state index >= 15 is 0 Å². The fraction of sp³-hybridized carbons (Fsp3) is 0.333. The first-order chi connectivity index (χ1) is 6.61. The number of hydrogen-bond donors (Lipinski definition) is 2. The number of hydrogen-bond acceptors (Lipinski definition) is 2. The third-order valence-corrected chi connectivity index (χ3v) is 2.43. The summed E-state index contributed by atoms with van der Waals surface area (Å²) in [5, 5.41) is 17.6. The normalized spacial score (nSPS) is 15.7. The highest BCUT2D eigenvalue weighted by Gasteiger charge is 2.31. The monoisotopic (exact) mass is 198 g/mol. The zero-order valence-corrected chi connectivity index (χ0v) is 7.37. The molecule has 0 amide bonds. The first-order valence-corrected chi connectivity index (χ1v) is 4.45. The Hall–Kier alpha value is -0.935. The van der Waals surface area contributed by atoms with Gasteiger partial charge in [0, 0.05) is 0 Å². The van der Waals surface area contributed by atoms with Crippen molar-refractivity contribution in [3.8, 4) is 0 Å². The van der Waals surface area contributed by atoms with Gasteiger partial charge in [0.15, 0.2) is 0 Å². The van der Waals surface area contributed by atoms with Crippen molar-refractivity contribution in [3.05, 3.63) is 29.3 Å². The van der Waals surface area contributed by atoms with Crippen LogP contribution in [0.2, 0.25) is 0 Å². The Bertz CT molecular complexity index is 364. The van der Waals surface area contributed by atoms with Crippen LogP contribution in [0.4, 0.5) is 8.78 Å². The maximum absolute atomic E-state index is 13.5. The van der Waals surface area contributed by atoms with Crippen molar-refractivity contribution in [1.82, 2.24) is 0 Å². The summed E-state index contributed by atoms with van der Waals surface area (Å²) in [6.07, 6.45) is 1.76. The quantitative estimate of drug-likeness (QED) is 0.680. The van der Waals surface area contributed by atoms with Gasteiger partial charge in [0.2, 0.25) is 0 Å². The standard InChI is InChI=1S/C9H9BF2O2/c11-7-4-3-6(5-1-2-5)9(12)8(7)10(13)14/h3-5,13-14H,1-2H2. The van der Waals surface area contributed by atoms with Crippen molar-refractivity contribution in [1.29, 1.82) is 0 Å². The van der Waals surface area contributed by atoms with Crippen LogP contribution in [0.1, 0.15) is 24.3 Å². The van der Waals surface area contributed by atoms with E-state index in [-0.39, 0.29) is 5.92 Å². The van der Waals surface area contributed by atoms with Gasteiger partial charge in [-0.25, -0.2) is 8.78 Å². The summed E-state index contributed by atoms with van der Waals surface area (Å²) in [4.78, 5) is 0. The van der Waals surface area contributed by atoms with Gasteiger partial charge < -0.3 is 10.0 Å². The molecule has 1 aromatic rings. The molecule has 2 rings (SSSR count). The molecule has 0 radical (unpaired) electrons. The Morgan fingerprint density at radius 2 is 1.86 bits per heavy atom. The molecule has 74 valence electrons. The summed E-state index contributed by atoms with van der Waals surface area (Å²) in [6.45, 7) is 0. The predicted octanol–water partition coefficient (Wildman–Crippen LogP) is 0.522. The van der Waals surface area contributed by atoms with Gasteiger partial charge in [0.1, 0.15) is 11.6 Å². The maximum Gasteiger partial charge on any atom is 0.494 e. The molecule has 1 aliphatic carbocycles. The van der Waals surface area contributed by atoms with E-state index in [1.165, 1.54) is 6.07 Å². The minimum atomic E-state index is -2.09. The average molecular weight is 198 g/mol. The van der Waals surface area contributed by atoms with Gasteiger partial charge in [-0.3, -0.25) is 0 Å². The molecular weight excluding hydrogens is 189 g/mol. The van der Waals surface area contributed by atoms with E-state index < -0.39 is 24.2 Å². The van der Waals surface area contributed by atoms with E-state index in [0.29, 0.717) is 5.56 Å². The second-order valence-electron chi connectivity index (χ2n) is 3.51. The molecule has 0 spiro atoms. The predicted molar refractivity (Wildman–Crippen MR) is 48.2 cm³/mol. The van der Waals surface area contributed by atoms with Gasteiger partial charge in [0.25, 0.3) is 0 Å². The van der Waals surface area contributed by atoms with Crippen LogP contribution in [0.5, 0.6) is 0 Å². The molecule has 0 atom stereocenters. The van der Waals surface area contributed by atoms with Gasteiger partial charge >= 0.3 is 7.12 Å². The molecule has 0 bridgehead atoms. The Labute approximate surface area is 80.3 Å². The van der Waals surface area contributed by atoms with Crippen molar-refractivity contribution in [3.63, 3.8) is 0 Å². The van der Waals surface area contributed by atoms with Gasteiger partial charge in [-0.05, 0) is 30.4 Å². The highest BCUT2D eigenvalue weighted by Crippen LogP contribution is 2.40. The maximum atomic E-state index is 13.5. The lowest BCUT2D eigenvalue weighted by Gasteiger charge is -2.07. The Morgan fingerprint density at radius 3 is 2.36 bits per heavy atom. The lowest BCUT2D eigenvalue weighted by molar-refractivity contribution is 0.419. The van der Waals surface area contributed by atoms with Crippen LogP contribution in [0.3, 0.4) is 0 Å². The minimum Gasteiger partial charge on any atom is -0.423 e. The van der Waals surface area contributed by atoms with Crippen molar-refractivity contribution < 1.29 is 18.8 Å². The SMILES string of the molecule is OB(O)c1c(F)ccc(C2CC2)c1F. The number of rotatable bonds is 2. The zero-order chi connectivity index (χ0) is 10.3. The van der Waals surface area contributed by atoms with Crippen LogP contribution >= 0.6 is 0 Å². The average Bonchev–Trinajstić information content (AvgIpc) is 2.86. The lowest BCUT2D eigenvalue weighted by Crippen LogP contribution is -2.36. The van der Waals surface area contributed by atoms with Gasteiger partial charge in [0.05, 0.1) is 5.46 Å². The molecule has 1 fully saturated rings. The fourth-order valence-electron chi connectivity index (χ4n) is 1.53. The Morgan fingerprint density at radius 1 is 1.21 bits per heavy atom. The van der Waals surface area contributed by atoms with E-state index in [1.807, 2.05) is 0 Å². The molecule has 2 nitrogen and oxygen atoms in total. The van der Waals surface area contributed by atoms with E-state index in [4.69, 9.17) is 10.0 Å². The van der Waals surface area contributed by atoms with Crippen LogP contribution in [-0.2, 0) is 0 Å². The molecule has 2 N–H and O–H groups in total. The smallest absolute Gasteiger partial charge is 0.423 e. The van der Waals surface area contributed by atoms with Crippen molar-refractivity contribution in [2.24, 2.45) is 0 Å². The topological polar surface area (TPSA) is 40.5 Å². The fourth-order valence-corrected chi connectivity index (χ4v) is 1.53. The highest BCUT2D eigenvalue weighted by atomic mass is 19.1. The van der Waals surface area contributed by atoms with Gasteiger partial charge in [-0.2, -0.15) is 0 Å². The molecule has 0 heterocycles. The van der Waals surface area contributed by atoms with Gasteiger partial charge in [-0.15, -0.1) is 0 Å². The van der Waals surface area contributed by atoms with Crippen LogP contribution in [0, 0.1) is 11.6 Å². The molecule has 0 aliphatic heterocycles. The number of halogens is 2. The molecule has 1 aromatic carbocycles. The molecule has 14 heavy (non-hydrogen) atoms. The van der Waals surface area contributed by atoms with Crippen LogP contribution in [0.15, 0.2) is 12.1 Å². The largest absolute Gasteiger partial charge is 0.494 e. The molecule has 0 unspecified atom stereocenters. The van der Waals surface area contributed by atoms with Gasteiger partial charge in [-0.1, -0.05) is 6.07 Å². The molecule has 1 aliphatic rings. The first kappa shape index (κ1) is 9.61. The number of benzene rings is 1. The molecule has 1 saturated carbocycles. The van der Waals surface area contributed by atoms with Crippen LogP contribution < -0.4 is 5.46 Å².